The number of carbonyl (C=O) groups excluding carboxylic acids is 1. The van der Waals surface area contributed by atoms with Gasteiger partial charge in [-0.3, -0.25) is 9.52 Å². The van der Waals surface area contributed by atoms with Gasteiger partial charge in [0.25, 0.3) is 10.0 Å². The smallest absolute Gasteiger partial charge is 0.262 e. The molecule has 0 aliphatic rings. The van der Waals surface area contributed by atoms with Crippen molar-refractivity contribution in [2.24, 2.45) is 0 Å². The number of aromatic nitrogens is 1. The van der Waals surface area contributed by atoms with Crippen molar-refractivity contribution < 1.29 is 17.9 Å². The number of ether oxygens (including phenoxy) is 1. The van der Waals surface area contributed by atoms with Gasteiger partial charge in [-0.05, 0) is 24.1 Å². The van der Waals surface area contributed by atoms with Crippen LogP contribution in [0.1, 0.15) is 25.8 Å². The summed E-state index contributed by atoms with van der Waals surface area (Å²) in [4.78, 5) is 16.2. The average molecular weight is 420 g/mol. The number of amides is 1. The van der Waals surface area contributed by atoms with Gasteiger partial charge in [-0.15, -0.1) is 0 Å². The minimum Gasteiger partial charge on any atom is -0.494 e. The summed E-state index contributed by atoms with van der Waals surface area (Å²) in [6, 6.07) is 10.2. The van der Waals surface area contributed by atoms with Crippen LogP contribution in [0.4, 0.5) is 10.8 Å². The van der Waals surface area contributed by atoms with E-state index >= 15 is 0 Å². The van der Waals surface area contributed by atoms with Gasteiger partial charge in [0.1, 0.15) is 11.3 Å². The lowest BCUT2D eigenvalue weighted by molar-refractivity contribution is -0.115. The Balaban J connectivity index is 2.00. The highest BCUT2D eigenvalue weighted by Gasteiger charge is 2.19. The van der Waals surface area contributed by atoms with Crippen molar-refractivity contribution >= 4 is 48.3 Å². The molecular weight excluding hydrogens is 398 g/mol. The summed E-state index contributed by atoms with van der Waals surface area (Å²) in [7, 11) is -2.27. The quantitative estimate of drug-likeness (QED) is 0.603. The second-order valence-electron chi connectivity index (χ2n) is 6.01. The van der Waals surface area contributed by atoms with Crippen molar-refractivity contribution in [3.8, 4) is 5.75 Å². The molecule has 0 aliphatic heterocycles. The summed E-state index contributed by atoms with van der Waals surface area (Å²) in [5.41, 5.74) is 1.67. The Labute approximate surface area is 167 Å². The van der Waals surface area contributed by atoms with Crippen molar-refractivity contribution in [2.75, 3.05) is 17.1 Å². The van der Waals surface area contributed by atoms with Crippen molar-refractivity contribution in [3.05, 3.63) is 42.0 Å². The number of rotatable bonds is 7. The van der Waals surface area contributed by atoms with E-state index in [0.717, 1.165) is 5.56 Å². The molecule has 0 saturated heterocycles. The van der Waals surface area contributed by atoms with Crippen LogP contribution in [0.2, 0.25) is 0 Å². The maximum atomic E-state index is 12.9. The lowest BCUT2D eigenvalue weighted by Crippen LogP contribution is -2.14. The zero-order valence-electron chi connectivity index (χ0n) is 15.8. The van der Waals surface area contributed by atoms with E-state index in [0.29, 0.717) is 39.6 Å². The summed E-state index contributed by atoms with van der Waals surface area (Å²) in [5, 5.41) is 3.16. The van der Waals surface area contributed by atoms with Gasteiger partial charge in [-0.2, -0.15) is 0 Å². The van der Waals surface area contributed by atoms with E-state index in [1.807, 2.05) is 13.0 Å². The molecule has 3 rings (SSSR count). The molecule has 1 amide bonds. The third-order valence-electron chi connectivity index (χ3n) is 4.14. The molecule has 0 radical (unpaired) electrons. The molecule has 28 heavy (non-hydrogen) atoms. The number of anilines is 2. The minimum atomic E-state index is -3.76. The highest BCUT2D eigenvalue weighted by Crippen LogP contribution is 2.36. The fraction of sp³-hybridized carbons (Fsp3) is 0.263. The molecule has 148 valence electrons. The van der Waals surface area contributed by atoms with Gasteiger partial charge in [0.05, 0.1) is 22.4 Å². The van der Waals surface area contributed by atoms with Crippen LogP contribution in [-0.4, -0.2) is 26.4 Å². The van der Waals surface area contributed by atoms with Gasteiger partial charge in [0.2, 0.25) is 5.91 Å². The highest BCUT2D eigenvalue weighted by molar-refractivity contribution is 7.92. The Hall–Kier alpha value is -2.65. The van der Waals surface area contributed by atoms with Gasteiger partial charge >= 0.3 is 0 Å². The van der Waals surface area contributed by atoms with E-state index in [1.54, 1.807) is 37.3 Å². The number of nitrogens with zero attached hydrogens (tertiary/aromatic N) is 1. The Kier molecular flexibility index (Phi) is 5.85. The van der Waals surface area contributed by atoms with Crippen LogP contribution in [0.25, 0.3) is 10.2 Å². The van der Waals surface area contributed by atoms with Gasteiger partial charge < -0.3 is 10.1 Å². The number of hydrogen-bond acceptors (Lipinski definition) is 6. The number of thiazole rings is 1. The molecule has 7 nitrogen and oxygen atoms in total. The van der Waals surface area contributed by atoms with Gasteiger partial charge in [-0.25, -0.2) is 13.4 Å². The van der Waals surface area contributed by atoms with E-state index in [-0.39, 0.29) is 10.8 Å². The number of nitrogens with one attached hydrogen (secondary N) is 2. The normalized spacial score (nSPS) is 11.4. The van der Waals surface area contributed by atoms with E-state index in [2.05, 4.69) is 15.0 Å². The Bertz CT molecular complexity index is 1120. The maximum Gasteiger partial charge on any atom is 0.262 e. The van der Waals surface area contributed by atoms with Gasteiger partial charge in [0, 0.05) is 12.5 Å². The Morgan fingerprint density at radius 1 is 1.21 bits per heavy atom. The molecule has 1 heterocycles. The fourth-order valence-corrected chi connectivity index (χ4v) is 5.03. The van der Waals surface area contributed by atoms with Gasteiger partial charge in [-0.1, -0.05) is 43.4 Å². The number of methoxy groups -OCH3 is 1. The molecule has 3 aromatic rings. The van der Waals surface area contributed by atoms with Crippen molar-refractivity contribution in [3.63, 3.8) is 0 Å². The van der Waals surface area contributed by atoms with Gasteiger partial charge in [0.15, 0.2) is 5.13 Å². The summed E-state index contributed by atoms with van der Waals surface area (Å²) in [5.74, 6) is 0.280. The predicted octanol–water partition coefficient (Wildman–Crippen LogP) is 4.02. The Morgan fingerprint density at radius 3 is 2.64 bits per heavy atom. The summed E-state index contributed by atoms with van der Waals surface area (Å²) >= 11 is 1.26. The first-order valence-electron chi connectivity index (χ1n) is 8.77. The van der Waals surface area contributed by atoms with E-state index < -0.39 is 10.0 Å². The first-order chi connectivity index (χ1) is 13.4. The van der Waals surface area contributed by atoms with Crippen molar-refractivity contribution in [2.45, 2.75) is 31.6 Å². The summed E-state index contributed by atoms with van der Waals surface area (Å²) in [6.45, 7) is 3.66. The zero-order chi connectivity index (χ0) is 20.3. The monoisotopic (exact) mass is 419 g/mol. The first-order valence-corrected chi connectivity index (χ1v) is 11.1. The van der Waals surface area contributed by atoms with Crippen LogP contribution in [0, 0.1) is 0 Å². The molecule has 2 N–H and O–H groups in total. The first kappa shape index (κ1) is 20.1. The topological polar surface area (TPSA) is 97.4 Å². The third kappa shape index (κ3) is 4.10. The standard InChI is InChI=1S/C19H21N3O4S2/c1-4-12-8-6-7-9-16(12)28(24,25)22-13-10-14(26-3)18-15(11-13)27-19(21-18)20-17(23)5-2/h6-11,22H,4-5H2,1-3H3,(H,20,21,23). The SMILES string of the molecule is CCC(=O)Nc1nc2c(OC)cc(NS(=O)(=O)c3ccccc3CC)cc2s1. The minimum absolute atomic E-state index is 0.143. The fourth-order valence-electron chi connectivity index (χ4n) is 2.74. The molecule has 0 fully saturated rings. The van der Waals surface area contributed by atoms with Crippen LogP contribution in [-0.2, 0) is 21.2 Å². The lowest BCUT2D eigenvalue weighted by Gasteiger charge is -2.12. The highest BCUT2D eigenvalue weighted by atomic mass is 32.2. The second-order valence-corrected chi connectivity index (χ2v) is 8.69. The molecular formula is C19H21N3O4S2. The average Bonchev–Trinajstić information content (AvgIpc) is 3.08. The summed E-state index contributed by atoms with van der Waals surface area (Å²) < 4.78 is 34.5. The van der Waals surface area contributed by atoms with Crippen LogP contribution in [0.5, 0.6) is 5.75 Å². The second kappa shape index (κ2) is 8.15. The zero-order valence-corrected chi connectivity index (χ0v) is 17.4. The number of sulfonamides is 1. The van der Waals surface area contributed by atoms with E-state index in [9.17, 15) is 13.2 Å². The molecule has 0 saturated carbocycles. The van der Waals surface area contributed by atoms with Crippen LogP contribution in [0.3, 0.4) is 0 Å². The maximum absolute atomic E-state index is 12.9. The number of aryl methyl sites for hydroxylation is 1. The number of carbonyl (C=O) groups is 1. The van der Waals surface area contributed by atoms with E-state index in [4.69, 9.17) is 4.74 Å². The van der Waals surface area contributed by atoms with Crippen molar-refractivity contribution in [1.82, 2.24) is 4.98 Å². The van der Waals surface area contributed by atoms with Crippen LogP contribution < -0.4 is 14.8 Å². The molecule has 0 aliphatic carbocycles. The largest absolute Gasteiger partial charge is 0.494 e. The molecule has 0 atom stereocenters. The number of fused-ring (bicyclic) bond motifs is 1. The number of benzene rings is 2. The molecule has 9 heteroatoms. The van der Waals surface area contributed by atoms with Crippen molar-refractivity contribution in [1.29, 1.82) is 0 Å². The van der Waals surface area contributed by atoms with E-state index in [1.165, 1.54) is 18.4 Å². The molecule has 0 unspecified atom stereocenters. The lowest BCUT2D eigenvalue weighted by atomic mass is 10.2. The van der Waals surface area contributed by atoms with Crippen LogP contribution >= 0.6 is 11.3 Å². The molecule has 0 bridgehead atoms. The Morgan fingerprint density at radius 2 is 1.96 bits per heavy atom. The van der Waals surface area contributed by atoms with Crippen LogP contribution in [0.15, 0.2) is 41.3 Å². The predicted molar refractivity (Wildman–Crippen MR) is 112 cm³/mol. The summed E-state index contributed by atoms with van der Waals surface area (Å²) in [6.07, 6.45) is 0.948. The molecule has 2 aromatic carbocycles. The number of hydrogen-bond donors (Lipinski definition) is 2. The molecule has 0 spiro atoms. The molecule has 1 aromatic heterocycles. The third-order valence-corrected chi connectivity index (χ3v) is 6.54.